The minimum Gasteiger partial charge on any atom is -0.481 e. The summed E-state index contributed by atoms with van der Waals surface area (Å²) in [6.07, 6.45) is 1.16. The van der Waals surface area contributed by atoms with E-state index < -0.39 is 17.5 Å². The number of carboxylic acid groups (broad SMARTS) is 1. The SMILES string of the molecule is O=C(OCc1ccccc1)N1CCC[C@](Cc2ccccc2)(C(=O)O)C1. The van der Waals surface area contributed by atoms with Gasteiger partial charge < -0.3 is 14.7 Å². The highest BCUT2D eigenvalue weighted by Crippen LogP contribution is 2.34. The average molecular weight is 353 g/mol. The first-order valence-corrected chi connectivity index (χ1v) is 8.82. The largest absolute Gasteiger partial charge is 0.481 e. The molecular weight excluding hydrogens is 330 g/mol. The van der Waals surface area contributed by atoms with Crippen LogP contribution in [0.5, 0.6) is 0 Å². The summed E-state index contributed by atoms with van der Waals surface area (Å²) in [5.41, 5.74) is 0.909. The first-order chi connectivity index (χ1) is 12.6. The number of aliphatic carboxylic acids is 1. The lowest BCUT2D eigenvalue weighted by Gasteiger charge is -2.39. The topological polar surface area (TPSA) is 66.8 Å². The number of amides is 1. The summed E-state index contributed by atoms with van der Waals surface area (Å²) in [6, 6.07) is 19.0. The Morgan fingerprint density at radius 3 is 2.23 bits per heavy atom. The summed E-state index contributed by atoms with van der Waals surface area (Å²) >= 11 is 0. The molecule has 136 valence electrons. The van der Waals surface area contributed by atoms with Gasteiger partial charge in [0.05, 0.1) is 5.41 Å². The molecule has 3 rings (SSSR count). The first-order valence-electron chi connectivity index (χ1n) is 8.82. The zero-order valence-corrected chi connectivity index (χ0v) is 14.6. The van der Waals surface area contributed by atoms with Crippen LogP contribution >= 0.6 is 0 Å². The van der Waals surface area contributed by atoms with Crippen molar-refractivity contribution in [2.45, 2.75) is 25.9 Å². The molecule has 1 aliphatic heterocycles. The molecule has 5 heteroatoms. The van der Waals surface area contributed by atoms with Crippen LogP contribution in [0.15, 0.2) is 60.7 Å². The van der Waals surface area contributed by atoms with Gasteiger partial charge in [0.25, 0.3) is 0 Å². The van der Waals surface area contributed by atoms with Crippen LogP contribution in [0.25, 0.3) is 0 Å². The molecule has 1 saturated heterocycles. The van der Waals surface area contributed by atoms with E-state index in [-0.39, 0.29) is 13.2 Å². The van der Waals surface area contributed by atoms with Crippen LogP contribution in [-0.2, 0) is 22.6 Å². The van der Waals surface area contributed by atoms with Crippen molar-refractivity contribution in [1.82, 2.24) is 4.90 Å². The molecule has 0 aliphatic carbocycles. The van der Waals surface area contributed by atoms with Crippen molar-refractivity contribution in [3.05, 3.63) is 71.8 Å². The van der Waals surface area contributed by atoms with Crippen molar-refractivity contribution in [3.8, 4) is 0 Å². The van der Waals surface area contributed by atoms with Crippen LogP contribution < -0.4 is 0 Å². The zero-order chi connectivity index (χ0) is 18.4. The van der Waals surface area contributed by atoms with Crippen LogP contribution in [0.1, 0.15) is 24.0 Å². The molecule has 2 aromatic carbocycles. The Kier molecular flexibility index (Phi) is 5.56. The normalized spacial score (nSPS) is 19.8. The van der Waals surface area contributed by atoms with Gasteiger partial charge in [0.2, 0.25) is 0 Å². The Bertz CT molecular complexity index is 747. The maximum atomic E-state index is 12.4. The van der Waals surface area contributed by atoms with Crippen LogP contribution in [0.4, 0.5) is 4.79 Å². The number of carboxylic acids is 1. The molecule has 0 saturated carbocycles. The number of benzene rings is 2. The minimum atomic E-state index is -0.967. The minimum absolute atomic E-state index is 0.171. The molecule has 2 aromatic rings. The Morgan fingerprint density at radius 2 is 1.62 bits per heavy atom. The van der Waals surface area contributed by atoms with E-state index in [1.54, 1.807) is 0 Å². The monoisotopic (exact) mass is 353 g/mol. The third-order valence-corrected chi connectivity index (χ3v) is 4.88. The van der Waals surface area contributed by atoms with Gasteiger partial charge in [-0.2, -0.15) is 0 Å². The third-order valence-electron chi connectivity index (χ3n) is 4.88. The summed E-state index contributed by atoms with van der Waals surface area (Å²) in [6.45, 7) is 0.886. The zero-order valence-electron chi connectivity index (χ0n) is 14.6. The molecule has 1 fully saturated rings. The van der Waals surface area contributed by atoms with Gasteiger partial charge in [-0.1, -0.05) is 60.7 Å². The lowest BCUT2D eigenvalue weighted by Crippen LogP contribution is -2.51. The molecule has 1 atom stereocenters. The maximum Gasteiger partial charge on any atom is 0.410 e. The smallest absolute Gasteiger partial charge is 0.410 e. The summed E-state index contributed by atoms with van der Waals surface area (Å²) in [4.78, 5) is 26.0. The number of nitrogens with zero attached hydrogens (tertiary/aromatic N) is 1. The molecule has 0 unspecified atom stereocenters. The number of piperidine rings is 1. The second kappa shape index (κ2) is 8.04. The third kappa shape index (κ3) is 4.23. The van der Waals surface area contributed by atoms with Gasteiger partial charge in [0, 0.05) is 13.1 Å². The summed E-state index contributed by atoms with van der Waals surface area (Å²) in [5.74, 6) is -0.859. The number of likely N-dealkylation sites (tertiary alicyclic amines) is 1. The van der Waals surface area contributed by atoms with E-state index in [0.717, 1.165) is 11.1 Å². The van der Waals surface area contributed by atoms with Crippen LogP contribution in [0.2, 0.25) is 0 Å². The predicted molar refractivity (Wildman–Crippen MR) is 97.6 cm³/mol. The molecule has 0 bridgehead atoms. The molecule has 0 radical (unpaired) electrons. The van der Waals surface area contributed by atoms with Gasteiger partial charge in [0.15, 0.2) is 0 Å². The molecule has 0 spiro atoms. The van der Waals surface area contributed by atoms with Crippen LogP contribution in [-0.4, -0.2) is 35.2 Å². The first kappa shape index (κ1) is 18.0. The summed E-state index contributed by atoms with van der Waals surface area (Å²) in [7, 11) is 0. The van der Waals surface area contributed by atoms with E-state index in [1.165, 1.54) is 4.90 Å². The van der Waals surface area contributed by atoms with Crippen LogP contribution in [0.3, 0.4) is 0 Å². The fourth-order valence-corrected chi connectivity index (χ4v) is 3.48. The number of rotatable bonds is 5. The van der Waals surface area contributed by atoms with Crippen molar-refractivity contribution in [3.63, 3.8) is 0 Å². The molecule has 1 amide bonds. The standard InChI is InChI=1S/C21H23NO4/c23-19(24)21(14-17-8-3-1-4-9-17)12-7-13-22(16-21)20(25)26-15-18-10-5-2-6-11-18/h1-6,8-11H,7,12-16H2,(H,23,24)/t21-/m1/s1. The fourth-order valence-electron chi connectivity index (χ4n) is 3.48. The Hall–Kier alpha value is -2.82. The van der Waals surface area contributed by atoms with Crippen molar-refractivity contribution >= 4 is 12.1 Å². The van der Waals surface area contributed by atoms with Gasteiger partial charge in [0.1, 0.15) is 6.61 Å². The highest BCUT2D eigenvalue weighted by molar-refractivity contribution is 5.77. The second-order valence-electron chi connectivity index (χ2n) is 6.81. The van der Waals surface area contributed by atoms with Gasteiger partial charge in [-0.05, 0) is 30.4 Å². The van der Waals surface area contributed by atoms with Crippen molar-refractivity contribution < 1.29 is 19.4 Å². The predicted octanol–water partition coefficient (Wildman–Crippen LogP) is 3.73. The molecule has 1 aliphatic rings. The molecule has 0 aromatic heterocycles. The average Bonchev–Trinajstić information content (AvgIpc) is 2.68. The van der Waals surface area contributed by atoms with E-state index in [0.29, 0.717) is 25.8 Å². The van der Waals surface area contributed by atoms with E-state index in [1.807, 2.05) is 60.7 Å². The fraction of sp³-hybridized carbons (Fsp3) is 0.333. The quantitative estimate of drug-likeness (QED) is 0.889. The molecule has 1 heterocycles. The van der Waals surface area contributed by atoms with Gasteiger partial charge in [-0.3, -0.25) is 4.79 Å². The van der Waals surface area contributed by atoms with E-state index in [2.05, 4.69) is 0 Å². The molecule has 5 nitrogen and oxygen atoms in total. The van der Waals surface area contributed by atoms with Crippen molar-refractivity contribution in [2.75, 3.05) is 13.1 Å². The lowest BCUT2D eigenvalue weighted by molar-refractivity contribution is -0.152. The second-order valence-corrected chi connectivity index (χ2v) is 6.81. The van der Waals surface area contributed by atoms with E-state index >= 15 is 0 Å². The number of hydrogen-bond acceptors (Lipinski definition) is 3. The molecule has 26 heavy (non-hydrogen) atoms. The highest BCUT2D eigenvalue weighted by atomic mass is 16.6. The van der Waals surface area contributed by atoms with Gasteiger partial charge >= 0.3 is 12.1 Å². The van der Waals surface area contributed by atoms with Gasteiger partial charge in [-0.15, -0.1) is 0 Å². The Morgan fingerprint density at radius 1 is 1.00 bits per heavy atom. The molecular formula is C21H23NO4. The summed E-state index contributed by atoms with van der Waals surface area (Å²) < 4.78 is 5.38. The highest BCUT2D eigenvalue weighted by Gasteiger charge is 2.44. The summed E-state index contributed by atoms with van der Waals surface area (Å²) in [5, 5.41) is 9.88. The maximum absolute atomic E-state index is 12.4. The lowest BCUT2D eigenvalue weighted by atomic mass is 9.75. The van der Waals surface area contributed by atoms with E-state index in [9.17, 15) is 14.7 Å². The van der Waals surface area contributed by atoms with Crippen molar-refractivity contribution in [1.29, 1.82) is 0 Å². The van der Waals surface area contributed by atoms with E-state index in [4.69, 9.17) is 4.74 Å². The number of hydrogen-bond donors (Lipinski definition) is 1. The Labute approximate surface area is 153 Å². The number of carbonyl (C=O) groups is 2. The van der Waals surface area contributed by atoms with Crippen LogP contribution in [0, 0.1) is 5.41 Å². The number of carbonyl (C=O) groups excluding carboxylic acids is 1. The number of ether oxygens (including phenoxy) is 1. The Balaban J connectivity index is 1.67. The van der Waals surface area contributed by atoms with Gasteiger partial charge in [-0.25, -0.2) is 4.79 Å². The van der Waals surface area contributed by atoms with Crippen molar-refractivity contribution in [2.24, 2.45) is 5.41 Å². The molecule has 1 N–H and O–H groups in total.